The molecular weight excluding hydrogens is 184 g/mol. The van der Waals surface area contributed by atoms with Crippen molar-refractivity contribution in [3.8, 4) is 0 Å². The summed E-state index contributed by atoms with van der Waals surface area (Å²) in [6.07, 6.45) is 3.72. The highest BCUT2D eigenvalue weighted by molar-refractivity contribution is 5.14. The number of hydrogen-bond acceptors (Lipinski definition) is 2. The maximum atomic E-state index is 6.09. The molecule has 1 aromatic rings. The van der Waals surface area contributed by atoms with Crippen molar-refractivity contribution in [2.45, 2.75) is 37.9 Å². The molecule has 0 aliphatic heterocycles. The van der Waals surface area contributed by atoms with Crippen LogP contribution in [0.2, 0.25) is 0 Å². The molecule has 1 aromatic carbocycles. The molecule has 1 fully saturated rings. The molecule has 1 aliphatic carbocycles. The van der Waals surface area contributed by atoms with E-state index in [1.54, 1.807) is 0 Å². The second-order valence-corrected chi connectivity index (χ2v) is 4.56. The fourth-order valence-corrected chi connectivity index (χ4v) is 2.51. The topological polar surface area (TPSA) is 29.3 Å². The second kappa shape index (κ2) is 4.77. The average molecular weight is 204 g/mol. The molecule has 1 saturated carbocycles. The van der Waals surface area contributed by atoms with Gasteiger partial charge < -0.3 is 5.73 Å². The van der Waals surface area contributed by atoms with Crippen molar-refractivity contribution in [3.05, 3.63) is 35.9 Å². The van der Waals surface area contributed by atoms with Crippen molar-refractivity contribution in [2.75, 3.05) is 7.05 Å². The molecule has 2 nitrogen and oxygen atoms in total. The summed E-state index contributed by atoms with van der Waals surface area (Å²) in [5.74, 6) is 0. The molecule has 0 unspecified atom stereocenters. The van der Waals surface area contributed by atoms with Crippen molar-refractivity contribution in [1.82, 2.24) is 4.90 Å². The number of benzene rings is 1. The molecule has 0 spiro atoms. The summed E-state index contributed by atoms with van der Waals surface area (Å²) in [7, 11) is 2.18. The molecule has 2 atom stereocenters. The number of nitrogens with two attached hydrogens (primary N) is 1. The molecule has 2 heteroatoms. The van der Waals surface area contributed by atoms with Gasteiger partial charge in [0.05, 0.1) is 0 Å². The smallest absolute Gasteiger partial charge is 0.0247 e. The van der Waals surface area contributed by atoms with E-state index in [2.05, 4.69) is 42.3 Å². The lowest BCUT2D eigenvalue weighted by atomic mass is 10.1. The number of hydrogen-bond donors (Lipinski definition) is 1. The first-order valence-electron chi connectivity index (χ1n) is 5.77. The molecule has 0 amide bonds. The van der Waals surface area contributed by atoms with Gasteiger partial charge in [0.25, 0.3) is 0 Å². The van der Waals surface area contributed by atoms with E-state index in [1.165, 1.54) is 24.8 Å². The summed E-state index contributed by atoms with van der Waals surface area (Å²) in [5, 5.41) is 0. The monoisotopic (exact) mass is 204 g/mol. The van der Waals surface area contributed by atoms with Crippen LogP contribution in [-0.2, 0) is 6.54 Å². The summed E-state index contributed by atoms with van der Waals surface area (Å²) in [5.41, 5.74) is 7.47. The molecule has 0 heterocycles. The second-order valence-electron chi connectivity index (χ2n) is 4.56. The lowest BCUT2D eigenvalue weighted by Crippen LogP contribution is -2.41. The maximum absolute atomic E-state index is 6.09. The minimum absolute atomic E-state index is 0.374. The Balaban J connectivity index is 1.94. The van der Waals surface area contributed by atoms with Crippen molar-refractivity contribution in [2.24, 2.45) is 5.73 Å². The van der Waals surface area contributed by atoms with E-state index in [0.717, 1.165) is 6.54 Å². The Morgan fingerprint density at radius 2 is 2.00 bits per heavy atom. The molecule has 0 radical (unpaired) electrons. The molecule has 0 saturated heterocycles. The predicted molar refractivity (Wildman–Crippen MR) is 63.5 cm³/mol. The van der Waals surface area contributed by atoms with Gasteiger partial charge in [-0.25, -0.2) is 0 Å². The van der Waals surface area contributed by atoms with E-state index in [0.29, 0.717) is 12.1 Å². The van der Waals surface area contributed by atoms with Crippen LogP contribution in [0.4, 0.5) is 0 Å². The van der Waals surface area contributed by atoms with Crippen LogP contribution in [0.1, 0.15) is 24.8 Å². The minimum Gasteiger partial charge on any atom is -0.326 e. The molecule has 2 N–H and O–H groups in total. The Hall–Kier alpha value is -0.860. The van der Waals surface area contributed by atoms with Gasteiger partial charge in [-0.3, -0.25) is 4.90 Å². The molecule has 0 bridgehead atoms. The Morgan fingerprint density at radius 3 is 2.60 bits per heavy atom. The lowest BCUT2D eigenvalue weighted by Gasteiger charge is -2.27. The van der Waals surface area contributed by atoms with Crippen LogP contribution in [-0.4, -0.2) is 24.0 Å². The first-order chi connectivity index (χ1) is 7.27. The fraction of sp³-hybridized carbons (Fsp3) is 0.538. The zero-order chi connectivity index (χ0) is 10.7. The highest BCUT2D eigenvalue weighted by atomic mass is 15.1. The zero-order valence-electron chi connectivity index (χ0n) is 9.39. The molecule has 82 valence electrons. The minimum atomic E-state index is 0.374. The van der Waals surface area contributed by atoms with Crippen LogP contribution in [0, 0.1) is 0 Å². The van der Waals surface area contributed by atoms with Gasteiger partial charge in [0.15, 0.2) is 0 Å². The van der Waals surface area contributed by atoms with Gasteiger partial charge in [0.2, 0.25) is 0 Å². The summed E-state index contributed by atoms with van der Waals surface area (Å²) >= 11 is 0. The Bertz CT molecular complexity index is 297. The number of nitrogens with zero attached hydrogens (tertiary/aromatic N) is 1. The third kappa shape index (κ3) is 2.58. The van der Waals surface area contributed by atoms with Gasteiger partial charge in [-0.05, 0) is 25.5 Å². The van der Waals surface area contributed by atoms with Crippen molar-refractivity contribution in [1.29, 1.82) is 0 Å². The van der Waals surface area contributed by atoms with Crippen molar-refractivity contribution < 1.29 is 0 Å². The molecule has 1 aliphatic rings. The van der Waals surface area contributed by atoms with Gasteiger partial charge in [-0.2, -0.15) is 0 Å². The number of rotatable bonds is 3. The van der Waals surface area contributed by atoms with E-state index in [9.17, 15) is 0 Å². The number of likely N-dealkylation sites (N-methyl/N-ethyl adjacent to an activating group) is 1. The SMILES string of the molecule is CN(Cc1ccccc1)[C@@H]1CCC[C@H]1N. The van der Waals surface area contributed by atoms with Crippen LogP contribution in [0.25, 0.3) is 0 Å². The normalized spacial score (nSPS) is 26.1. The van der Waals surface area contributed by atoms with E-state index in [4.69, 9.17) is 5.73 Å². The van der Waals surface area contributed by atoms with Gasteiger partial charge in [-0.1, -0.05) is 36.8 Å². The molecule has 15 heavy (non-hydrogen) atoms. The fourth-order valence-electron chi connectivity index (χ4n) is 2.51. The molecule has 2 rings (SSSR count). The standard InChI is InChI=1S/C13H20N2/c1-15(13-9-5-8-12(13)14)10-11-6-3-2-4-7-11/h2-4,6-7,12-13H,5,8-10,14H2,1H3/t12-,13-/m1/s1. The van der Waals surface area contributed by atoms with E-state index in [1.807, 2.05) is 0 Å². The first-order valence-corrected chi connectivity index (χ1v) is 5.77. The van der Waals surface area contributed by atoms with Crippen LogP contribution < -0.4 is 5.73 Å². The Kier molecular flexibility index (Phi) is 3.39. The maximum Gasteiger partial charge on any atom is 0.0247 e. The van der Waals surface area contributed by atoms with E-state index in [-0.39, 0.29) is 0 Å². The van der Waals surface area contributed by atoms with E-state index < -0.39 is 0 Å². The van der Waals surface area contributed by atoms with Gasteiger partial charge in [-0.15, -0.1) is 0 Å². The van der Waals surface area contributed by atoms with Gasteiger partial charge >= 0.3 is 0 Å². The van der Waals surface area contributed by atoms with Crippen LogP contribution in [0.3, 0.4) is 0 Å². The average Bonchev–Trinajstić information content (AvgIpc) is 2.66. The zero-order valence-corrected chi connectivity index (χ0v) is 9.39. The van der Waals surface area contributed by atoms with Gasteiger partial charge in [0.1, 0.15) is 0 Å². The summed E-state index contributed by atoms with van der Waals surface area (Å²) in [6.45, 7) is 1.01. The van der Waals surface area contributed by atoms with E-state index >= 15 is 0 Å². The quantitative estimate of drug-likeness (QED) is 0.816. The van der Waals surface area contributed by atoms with Gasteiger partial charge in [0, 0.05) is 18.6 Å². The highest BCUT2D eigenvalue weighted by Crippen LogP contribution is 2.22. The third-order valence-electron chi connectivity index (χ3n) is 3.37. The summed E-state index contributed by atoms with van der Waals surface area (Å²) in [6, 6.07) is 11.6. The highest BCUT2D eigenvalue weighted by Gasteiger charge is 2.27. The van der Waals surface area contributed by atoms with Crippen molar-refractivity contribution in [3.63, 3.8) is 0 Å². The van der Waals surface area contributed by atoms with Crippen LogP contribution in [0.5, 0.6) is 0 Å². The summed E-state index contributed by atoms with van der Waals surface area (Å²) in [4.78, 5) is 2.40. The Morgan fingerprint density at radius 1 is 1.27 bits per heavy atom. The Labute approximate surface area is 92.1 Å². The molecular formula is C13H20N2. The first kappa shape index (κ1) is 10.7. The van der Waals surface area contributed by atoms with Crippen LogP contribution in [0.15, 0.2) is 30.3 Å². The van der Waals surface area contributed by atoms with Crippen molar-refractivity contribution >= 4 is 0 Å². The lowest BCUT2D eigenvalue weighted by molar-refractivity contribution is 0.220. The summed E-state index contributed by atoms with van der Waals surface area (Å²) < 4.78 is 0. The predicted octanol–water partition coefficient (Wildman–Crippen LogP) is 2.00. The molecule has 0 aromatic heterocycles. The third-order valence-corrected chi connectivity index (χ3v) is 3.37. The largest absolute Gasteiger partial charge is 0.326 e. The van der Waals surface area contributed by atoms with Crippen LogP contribution >= 0.6 is 0 Å².